The van der Waals surface area contributed by atoms with Gasteiger partial charge in [-0.05, 0) is 25.7 Å². The lowest BCUT2D eigenvalue weighted by Crippen LogP contribution is -2.41. The average molecular weight is 297 g/mol. The van der Waals surface area contributed by atoms with Crippen molar-refractivity contribution in [2.45, 2.75) is 44.7 Å². The number of guanidine groups is 1. The van der Waals surface area contributed by atoms with Crippen molar-refractivity contribution in [3.05, 3.63) is 18.2 Å². The van der Waals surface area contributed by atoms with E-state index in [1.807, 2.05) is 0 Å². The molecule has 1 aromatic heterocycles. The van der Waals surface area contributed by atoms with E-state index in [1.165, 1.54) is 38.1 Å². The summed E-state index contributed by atoms with van der Waals surface area (Å²) >= 11 is 0. The number of aliphatic imine (C=N–C) groups is 1. The highest BCUT2D eigenvalue weighted by Crippen LogP contribution is 2.20. The van der Waals surface area contributed by atoms with E-state index in [0.29, 0.717) is 24.8 Å². The molecule has 5 nitrogen and oxygen atoms in total. The molecule has 7 heteroatoms. The van der Waals surface area contributed by atoms with E-state index < -0.39 is 6.55 Å². The predicted molar refractivity (Wildman–Crippen MR) is 76.5 cm³/mol. The quantitative estimate of drug-likeness (QED) is 0.668. The van der Waals surface area contributed by atoms with Crippen molar-refractivity contribution in [2.75, 3.05) is 19.6 Å². The summed E-state index contributed by atoms with van der Waals surface area (Å²) in [6.07, 6.45) is 7.94. The van der Waals surface area contributed by atoms with E-state index in [1.54, 1.807) is 0 Å². The van der Waals surface area contributed by atoms with Crippen LogP contribution in [-0.4, -0.2) is 46.1 Å². The average Bonchev–Trinajstić information content (AvgIpc) is 2.96. The summed E-state index contributed by atoms with van der Waals surface area (Å²) < 4.78 is 26.4. The van der Waals surface area contributed by atoms with Gasteiger partial charge in [0, 0.05) is 44.5 Å². The van der Waals surface area contributed by atoms with Gasteiger partial charge in [-0.3, -0.25) is 9.56 Å². The van der Waals surface area contributed by atoms with Gasteiger partial charge in [0.1, 0.15) is 5.82 Å². The molecule has 2 aliphatic rings. The Morgan fingerprint density at radius 1 is 1.38 bits per heavy atom. The summed E-state index contributed by atoms with van der Waals surface area (Å²) in [4.78, 5) is 10.8. The lowest BCUT2D eigenvalue weighted by atomic mass is 10.4. The van der Waals surface area contributed by atoms with Crippen molar-refractivity contribution in [2.24, 2.45) is 4.99 Å². The molecule has 0 unspecified atom stereocenters. The Morgan fingerprint density at radius 2 is 2.14 bits per heavy atom. The maximum Gasteiger partial charge on any atom is 0.319 e. The van der Waals surface area contributed by atoms with Gasteiger partial charge in [-0.15, -0.1) is 0 Å². The molecule has 0 bridgehead atoms. The van der Waals surface area contributed by atoms with Gasteiger partial charge < -0.3 is 10.2 Å². The minimum atomic E-state index is -2.53. The molecule has 1 aromatic rings. The van der Waals surface area contributed by atoms with Crippen LogP contribution in [0, 0.1) is 0 Å². The maximum absolute atomic E-state index is 12.7. The predicted octanol–water partition coefficient (Wildman–Crippen LogP) is 2.02. The maximum atomic E-state index is 12.7. The Kier molecular flexibility index (Phi) is 4.36. The second-order valence-electron chi connectivity index (χ2n) is 5.60. The first kappa shape index (κ1) is 14.3. The fourth-order valence-electron chi connectivity index (χ4n) is 2.55. The molecule has 116 valence electrons. The van der Waals surface area contributed by atoms with Crippen molar-refractivity contribution in [3.63, 3.8) is 0 Å². The van der Waals surface area contributed by atoms with Crippen molar-refractivity contribution >= 4 is 5.96 Å². The van der Waals surface area contributed by atoms with Crippen LogP contribution < -0.4 is 5.32 Å². The Labute approximate surface area is 123 Å². The molecule has 1 saturated carbocycles. The molecule has 2 fully saturated rings. The molecule has 1 saturated heterocycles. The molecule has 3 rings (SSSR count). The van der Waals surface area contributed by atoms with Crippen LogP contribution in [0.15, 0.2) is 17.4 Å². The molecule has 0 radical (unpaired) electrons. The van der Waals surface area contributed by atoms with Crippen LogP contribution in [0.2, 0.25) is 0 Å². The highest BCUT2D eigenvalue weighted by Gasteiger charge is 2.25. The van der Waals surface area contributed by atoms with Crippen molar-refractivity contribution in [1.29, 1.82) is 0 Å². The van der Waals surface area contributed by atoms with Crippen LogP contribution in [0.5, 0.6) is 0 Å². The summed E-state index contributed by atoms with van der Waals surface area (Å²) in [7, 11) is 0. The first-order chi connectivity index (χ1) is 10.2. The molecular formula is C14H21F2N5. The molecule has 0 spiro atoms. The van der Waals surface area contributed by atoms with E-state index in [9.17, 15) is 8.78 Å². The molecule has 1 aliphatic carbocycles. The number of halogens is 2. The van der Waals surface area contributed by atoms with E-state index in [-0.39, 0.29) is 0 Å². The summed E-state index contributed by atoms with van der Waals surface area (Å²) in [6.45, 7) is 0.0121. The first-order valence-corrected chi connectivity index (χ1v) is 7.60. The summed E-state index contributed by atoms with van der Waals surface area (Å²) in [5, 5.41) is 3.45. The van der Waals surface area contributed by atoms with E-state index in [4.69, 9.17) is 0 Å². The number of nitrogens with one attached hydrogen (secondary N) is 1. The standard InChI is InChI=1S/C14H21F2N5/c15-13(16)21-10-7-17-12(21)5-6-18-14(19-11-3-4-11)20-8-1-2-9-20/h7,10-11,13H,1-6,8-9H2,(H,18,19). The fraction of sp³-hybridized carbons (Fsp3) is 0.714. The molecule has 1 N–H and O–H groups in total. The van der Waals surface area contributed by atoms with Gasteiger partial charge in [0.25, 0.3) is 0 Å². The smallest absolute Gasteiger partial charge is 0.319 e. The summed E-state index contributed by atoms with van der Waals surface area (Å²) in [6, 6.07) is 0.549. The number of hydrogen-bond donors (Lipinski definition) is 1. The van der Waals surface area contributed by atoms with E-state index in [0.717, 1.165) is 23.6 Å². The molecule has 0 atom stereocenters. The van der Waals surface area contributed by atoms with E-state index >= 15 is 0 Å². The zero-order valence-corrected chi connectivity index (χ0v) is 12.0. The minimum absolute atomic E-state index is 0.390. The van der Waals surface area contributed by atoms with Crippen LogP contribution in [-0.2, 0) is 6.42 Å². The van der Waals surface area contributed by atoms with Gasteiger partial charge in [-0.25, -0.2) is 4.98 Å². The zero-order valence-electron chi connectivity index (χ0n) is 12.0. The number of aromatic nitrogens is 2. The number of nitrogens with zero attached hydrogens (tertiary/aromatic N) is 4. The van der Waals surface area contributed by atoms with Crippen molar-refractivity contribution in [1.82, 2.24) is 19.8 Å². The van der Waals surface area contributed by atoms with Gasteiger partial charge >= 0.3 is 6.55 Å². The second-order valence-corrected chi connectivity index (χ2v) is 5.60. The van der Waals surface area contributed by atoms with Gasteiger partial charge in [0.15, 0.2) is 5.96 Å². The van der Waals surface area contributed by atoms with Crippen molar-refractivity contribution < 1.29 is 8.78 Å². The lowest BCUT2D eigenvalue weighted by molar-refractivity contribution is 0.0671. The number of hydrogen-bond acceptors (Lipinski definition) is 2. The fourth-order valence-corrected chi connectivity index (χ4v) is 2.55. The molecule has 0 amide bonds. The third-order valence-corrected chi connectivity index (χ3v) is 3.87. The normalized spacial score (nSPS) is 19.6. The van der Waals surface area contributed by atoms with Crippen LogP contribution in [0.1, 0.15) is 38.1 Å². The third-order valence-electron chi connectivity index (χ3n) is 3.87. The third kappa shape index (κ3) is 3.71. The van der Waals surface area contributed by atoms with Crippen LogP contribution in [0.4, 0.5) is 8.78 Å². The van der Waals surface area contributed by atoms with Crippen LogP contribution in [0.25, 0.3) is 0 Å². The topological polar surface area (TPSA) is 45.5 Å². The van der Waals surface area contributed by atoms with Crippen LogP contribution >= 0.6 is 0 Å². The van der Waals surface area contributed by atoms with Gasteiger partial charge in [0.2, 0.25) is 0 Å². The SMILES string of the molecule is FC(F)n1ccnc1CCN=C(NC1CC1)N1CCCC1. The van der Waals surface area contributed by atoms with Gasteiger partial charge in [-0.1, -0.05) is 0 Å². The monoisotopic (exact) mass is 297 g/mol. The Hall–Kier alpha value is -1.66. The number of imidazole rings is 1. The largest absolute Gasteiger partial charge is 0.354 e. The Bertz CT molecular complexity index is 489. The highest BCUT2D eigenvalue weighted by atomic mass is 19.3. The second kappa shape index (κ2) is 6.41. The lowest BCUT2D eigenvalue weighted by Gasteiger charge is -2.21. The molecule has 2 heterocycles. The van der Waals surface area contributed by atoms with E-state index in [2.05, 4.69) is 20.2 Å². The van der Waals surface area contributed by atoms with Crippen LogP contribution in [0.3, 0.4) is 0 Å². The molecule has 0 aromatic carbocycles. The Morgan fingerprint density at radius 3 is 2.81 bits per heavy atom. The summed E-state index contributed by atoms with van der Waals surface area (Å²) in [5.74, 6) is 1.33. The molecule has 1 aliphatic heterocycles. The molecular weight excluding hydrogens is 276 g/mol. The van der Waals surface area contributed by atoms with Gasteiger partial charge in [0.05, 0.1) is 0 Å². The molecule has 21 heavy (non-hydrogen) atoms. The number of alkyl halides is 2. The zero-order chi connectivity index (χ0) is 14.7. The first-order valence-electron chi connectivity index (χ1n) is 7.60. The summed E-state index contributed by atoms with van der Waals surface area (Å²) in [5.41, 5.74) is 0. The Balaban J connectivity index is 1.59. The van der Waals surface area contributed by atoms with Gasteiger partial charge in [-0.2, -0.15) is 8.78 Å². The highest BCUT2D eigenvalue weighted by molar-refractivity contribution is 5.80. The number of rotatable bonds is 5. The minimum Gasteiger partial charge on any atom is -0.354 e. The van der Waals surface area contributed by atoms with Crippen molar-refractivity contribution in [3.8, 4) is 0 Å². The number of likely N-dealkylation sites (tertiary alicyclic amines) is 1.